The van der Waals surface area contributed by atoms with Gasteiger partial charge in [-0.25, -0.2) is 4.98 Å². The van der Waals surface area contributed by atoms with Crippen molar-refractivity contribution < 1.29 is 24.5 Å². The molecule has 9 heteroatoms. The number of ether oxygens (including phenoxy) is 1. The maximum atomic E-state index is 11.6. The molecule has 0 spiro atoms. The van der Waals surface area contributed by atoms with Crippen LogP contribution >= 0.6 is 0 Å². The summed E-state index contributed by atoms with van der Waals surface area (Å²) in [6.07, 6.45) is -3.17. The molecule has 1 saturated heterocycles. The normalized spacial score (nSPS) is 30.1. The van der Waals surface area contributed by atoms with E-state index in [9.17, 15) is 15.0 Å². The number of anilines is 1. The number of nitrogen functional groups attached to an aromatic ring is 1. The van der Waals surface area contributed by atoms with Crippen molar-refractivity contribution in [2.45, 2.75) is 24.4 Å². The molecule has 0 saturated carbocycles. The molecule has 1 aliphatic rings. The van der Waals surface area contributed by atoms with Crippen molar-refractivity contribution >= 4 is 17.0 Å². The van der Waals surface area contributed by atoms with Crippen molar-refractivity contribution in [3.05, 3.63) is 22.2 Å². The van der Waals surface area contributed by atoms with Gasteiger partial charge in [0.15, 0.2) is 0 Å². The maximum Gasteiger partial charge on any atom is 0.295 e. The predicted octanol–water partition coefficient (Wildman–Crippen LogP) is -1.75. The first-order chi connectivity index (χ1) is 9.52. The Kier molecular flexibility index (Phi) is 2.98. The van der Waals surface area contributed by atoms with E-state index in [1.54, 1.807) is 0 Å². The average Bonchev–Trinajstić information content (AvgIpc) is 2.93. The van der Waals surface area contributed by atoms with Gasteiger partial charge in [0, 0.05) is 5.56 Å². The molecule has 0 aliphatic carbocycles. The van der Waals surface area contributed by atoms with Crippen LogP contribution in [0.25, 0.3) is 11.1 Å². The van der Waals surface area contributed by atoms with Gasteiger partial charge in [-0.2, -0.15) is 0 Å². The standard InChI is InChI=1S/C11H13N3O6/c12-11-13-5-3(2-19-9(5)10(18)14-11)8-7(17)6(16)4(1-15)20-8/h2,4,6-8,15-17H,1H2,(H3,12,13,14,18). The lowest BCUT2D eigenvalue weighted by Gasteiger charge is -2.12. The number of nitrogens with two attached hydrogens (primary N) is 1. The van der Waals surface area contributed by atoms with Crippen LogP contribution < -0.4 is 11.3 Å². The van der Waals surface area contributed by atoms with Crippen molar-refractivity contribution in [1.82, 2.24) is 9.97 Å². The molecule has 0 amide bonds. The fourth-order valence-corrected chi connectivity index (χ4v) is 2.32. The zero-order chi connectivity index (χ0) is 14.4. The summed E-state index contributed by atoms with van der Waals surface area (Å²) in [5.41, 5.74) is 5.31. The number of fused-ring (bicyclic) bond motifs is 1. The first kappa shape index (κ1) is 13.1. The Morgan fingerprint density at radius 3 is 2.80 bits per heavy atom. The lowest BCUT2D eigenvalue weighted by molar-refractivity contribution is -0.0226. The molecule has 0 aromatic carbocycles. The van der Waals surface area contributed by atoms with E-state index in [2.05, 4.69) is 9.97 Å². The van der Waals surface area contributed by atoms with Gasteiger partial charge in [-0.15, -0.1) is 0 Å². The SMILES string of the molecule is Nc1nc2c(C3OC(CO)C(O)C3O)coc2c(=O)[nH]1. The van der Waals surface area contributed by atoms with E-state index in [1.165, 1.54) is 6.26 Å². The summed E-state index contributed by atoms with van der Waals surface area (Å²) in [5, 5.41) is 28.7. The molecule has 3 rings (SSSR count). The summed E-state index contributed by atoms with van der Waals surface area (Å²) in [6.45, 7) is -0.444. The highest BCUT2D eigenvalue weighted by Gasteiger charge is 2.44. The molecule has 1 aliphatic heterocycles. The van der Waals surface area contributed by atoms with Gasteiger partial charge in [-0.05, 0) is 0 Å². The van der Waals surface area contributed by atoms with E-state index in [0.717, 1.165) is 0 Å². The Morgan fingerprint density at radius 2 is 2.15 bits per heavy atom. The maximum absolute atomic E-state index is 11.6. The third-order valence-electron chi connectivity index (χ3n) is 3.32. The van der Waals surface area contributed by atoms with E-state index in [-0.39, 0.29) is 17.0 Å². The van der Waals surface area contributed by atoms with E-state index >= 15 is 0 Å². The van der Waals surface area contributed by atoms with Crippen LogP contribution in [0.4, 0.5) is 5.95 Å². The van der Waals surface area contributed by atoms with Gasteiger partial charge in [0.25, 0.3) is 5.56 Å². The Labute approximate surface area is 111 Å². The summed E-state index contributed by atoms with van der Waals surface area (Å²) in [4.78, 5) is 17.9. The first-order valence-electron chi connectivity index (χ1n) is 5.92. The summed E-state index contributed by atoms with van der Waals surface area (Å²) in [7, 11) is 0. The third kappa shape index (κ3) is 1.79. The first-order valence-corrected chi connectivity index (χ1v) is 5.92. The van der Waals surface area contributed by atoms with E-state index in [4.69, 9.17) is 20.0 Å². The highest BCUT2D eigenvalue weighted by atomic mass is 16.6. The number of rotatable bonds is 2. The zero-order valence-electron chi connectivity index (χ0n) is 10.2. The second kappa shape index (κ2) is 4.56. The highest BCUT2D eigenvalue weighted by Crippen LogP contribution is 2.36. The molecule has 1 fully saturated rings. The van der Waals surface area contributed by atoms with Crippen molar-refractivity contribution in [1.29, 1.82) is 0 Å². The van der Waals surface area contributed by atoms with Crippen LogP contribution in [0, 0.1) is 0 Å². The van der Waals surface area contributed by atoms with Gasteiger partial charge >= 0.3 is 0 Å². The Bertz CT molecular complexity index is 695. The fourth-order valence-electron chi connectivity index (χ4n) is 2.32. The number of furan rings is 1. The van der Waals surface area contributed by atoms with Crippen LogP contribution in [-0.2, 0) is 4.74 Å². The summed E-state index contributed by atoms with van der Waals surface area (Å²) >= 11 is 0. The number of aromatic amines is 1. The minimum absolute atomic E-state index is 0.0491. The second-order valence-corrected chi connectivity index (χ2v) is 4.58. The molecule has 4 unspecified atom stereocenters. The minimum Gasteiger partial charge on any atom is -0.456 e. The molecular weight excluding hydrogens is 270 g/mol. The van der Waals surface area contributed by atoms with Crippen molar-refractivity contribution in [3.8, 4) is 0 Å². The molecule has 108 valence electrons. The Hall–Kier alpha value is -1.94. The van der Waals surface area contributed by atoms with Crippen LogP contribution in [-0.4, -0.2) is 50.2 Å². The molecule has 0 bridgehead atoms. The number of nitrogens with one attached hydrogen (secondary N) is 1. The molecule has 6 N–H and O–H groups in total. The topological polar surface area (TPSA) is 155 Å². The number of H-pyrrole nitrogens is 1. The summed E-state index contributed by atoms with van der Waals surface area (Å²) < 4.78 is 10.5. The van der Waals surface area contributed by atoms with Crippen LogP contribution in [0.15, 0.2) is 15.5 Å². The fraction of sp³-hybridized carbons (Fsp3) is 0.455. The molecule has 0 radical (unpaired) electrons. The molecule has 3 heterocycles. The van der Waals surface area contributed by atoms with Gasteiger partial charge in [-0.1, -0.05) is 0 Å². The number of hydrogen-bond acceptors (Lipinski definition) is 8. The third-order valence-corrected chi connectivity index (χ3v) is 3.32. The van der Waals surface area contributed by atoms with Crippen molar-refractivity contribution in [2.75, 3.05) is 12.3 Å². The lowest BCUT2D eigenvalue weighted by Crippen LogP contribution is -2.32. The smallest absolute Gasteiger partial charge is 0.295 e. The Balaban J connectivity index is 2.09. The average molecular weight is 283 g/mol. The molecule has 4 atom stereocenters. The predicted molar refractivity (Wildman–Crippen MR) is 65.8 cm³/mol. The molecule has 9 nitrogen and oxygen atoms in total. The zero-order valence-corrected chi connectivity index (χ0v) is 10.2. The van der Waals surface area contributed by atoms with Crippen LogP contribution in [0.1, 0.15) is 11.7 Å². The number of aliphatic hydroxyl groups excluding tert-OH is 3. The van der Waals surface area contributed by atoms with E-state index < -0.39 is 36.6 Å². The van der Waals surface area contributed by atoms with Crippen molar-refractivity contribution in [2.24, 2.45) is 0 Å². The van der Waals surface area contributed by atoms with Gasteiger partial charge < -0.3 is 30.2 Å². The van der Waals surface area contributed by atoms with Crippen LogP contribution in [0.2, 0.25) is 0 Å². The molecule has 20 heavy (non-hydrogen) atoms. The van der Waals surface area contributed by atoms with Gasteiger partial charge in [-0.3, -0.25) is 9.78 Å². The minimum atomic E-state index is -1.27. The van der Waals surface area contributed by atoms with Crippen LogP contribution in [0.3, 0.4) is 0 Å². The van der Waals surface area contributed by atoms with E-state index in [0.29, 0.717) is 5.56 Å². The van der Waals surface area contributed by atoms with Crippen LogP contribution in [0.5, 0.6) is 0 Å². The number of aromatic nitrogens is 2. The number of aliphatic hydroxyl groups is 3. The molecule has 2 aromatic heterocycles. The number of hydrogen-bond donors (Lipinski definition) is 5. The monoisotopic (exact) mass is 283 g/mol. The van der Waals surface area contributed by atoms with E-state index in [1.807, 2.05) is 0 Å². The quantitative estimate of drug-likeness (QED) is 0.434. The van der Waals surface area contributed by atoms with Gasteiger partial charge in [0.05, 0.1) is 12.9 Å². The molecule has 2 aromatic rings. The lowest BCUT2D eigenvalue weighted by atomic mass is 10.0. The summed E-state index contributed by atoms with van der Waals surface area (Å²) in [6, 6.07) is 0. The highest BCUT2D eigenvalue weighted by molar-refractivity contribution is 5.77. The molecular formula is C11H13N3O6. The van der Waals surface area contributed by atoms with Crippen molar-refractivity contribution in [3.63, 3.8) is 0 Å². The van der Waals surface area contributed by atoms with Gasteiger partial charge in [0.2, 0.25) is 11.5 Å². The second-order valence-electron chi connectivity index (χ2n) is 4.58. The van der Waals surface area contributed by atoms with Gasteiger partial charge in [0.1, 0.15) is 29.9 Å². The summed E-state index contributed by atoms with van der Waals surface area (Å²) in [5.74, 6) is -0.100. The number of nitrogens with zero attached hydrogens (tertiary/aromatic N) is 1. The Morgan fingerprint density at radius 1 is 1.40 bits per heavy atom. The largest absolute Gasteiger partial charge is 0.456 e.